The molecule has 0 saturated carbocycles. The highest BCUT2D eigenvalue weighted by atomic mass is 35.5. The number of hydrogen-bond acceptors (Lipinski definition) is 5. The minimum Gasteiger partial charge on any atom is -0.378 e. The lowest BCUT2D eigenvalue weighted by molar-refractivity contribution is 0.122. The summed E-state index contributed by atoms with van der Waals surface area (Å²) in [5, 5.41) is -0.251. The standard InChI is InChI=1S/C15H15ClFN3O3S/c16-13-9-12(2-3-14(13)17)24(21,22)19-11-1-4-15(18-10-11)20-5-7-23-8-6-20/h1-4,9-10,19H,5-8H2. The van der Waals surface area contributed by atoms with Crippen molar-refractivity contribution in [1.82, 2.24) is 4.98 Å². The molecule has 1 aliphatic rings. The summed E-state index contributed by atoms with van der Waals surface area (Å²) in [6, 6.07) is 6.59. The molecule has 2 aromatic rings. The molecule has 1 fully saturated rings. The van der Waals surface area contributed by atoms with Crippen LogP contribution in [0.5, 0.6) is 0 Å². The van der Waals surface area contributed by atoms with Gasteiger partial charge in [-0.05, 0) is 30.3 Å². The quantitative estimate of drug-likeness (QED) is 0.894. The highest BCUT2D eigenvalue weighted by Crippen LogP contribution is 2.22. The van der Waals surface area contributed by atoms with Crippen LogP contribution in [-0.2, 0) is 14.8 Å². The van der Waals surface area contributed by atoms with Gasteiger partial charge in [-0.15, -0.1) is 0 Å². The molecule has 128 valence electrons. The zero-order valence-electron chi connectivity index (χ0n) is 12.6. The SMILES string of the molecule is O=S(=O)(Nc1ccc(N2CCOCC2)nc1)c1ccc(F)c(Cl)c1. The Morgan fingerprint density at radius 1 is 1.21 bits per heavy atom. The fourth-order valence-corrected chi connectivity index (χ4v) is 3.60. The molecule has 0 amide bonds. The van der Waals surface area contributed by atoms with Gasteiger partial charge in [0, 0.05) is 13.1 Å². The van der Waals surface area contributed by atoms with Gasteiger partial charge in [-0.3, -0.25) is 4.72 Å². The minimum absolute atomic E-state index is 0.119. The second kappa shape index (κ2) is 6.92. The first-order valence-corrected chi connectivity index (χ1v) is 9.08. The van der Waals surface area contributed by atoms with Crippen LogP contribution in [0.15, 0.2) is 41.4 Å². The minimum atomic E-state index is -3.87. The van der Waals surface area contributed by atoms with E-state index in [0.717, 1.165) is 37.1 Å². The fourth-order valence-electron chi connectivity index (χ4n) is 2.28. The summed E-state index contributed by atoms with van der Waals surface area (Å²) in [4.78, 5) is 6.21. The number of rotatable bonds is 4. The van der Waals surface area contributed by atoms with Gasteiger partial charge in [0.05, 0.1) is 35.0 Å². The van der Waals surface area contributed by atoms with Crippen molar-refractivity contribution >= 4 is 33.1 Å². The summed E-state index contributed by atoms with van der Waals surface area (Å²) in [5.41, 5.74) is 0.312. The largest absolute Gasteiger partial charge is 0.378 e. The van der Waals surface area contributed by atoms with Crippen LogP contribution in [-0.4, -0.2) is 39.7 Å². The van der Waals surface area contributed by atoms with Gasteiger partial charge in [0.25, 0.3) is 10.0 Å². The van der Waals surface area contributed by atoms with Crippen molar-refractivity contribution in [3.8, 4) is 0 Å². The molecule has 2 heterocycles. The van der Waals surface area contributed by atoms with Crippen molar-refractivity contribution < 1.29 is 17.5 Å². The summed E-state index contributed by atoms with van der Waals surface area (Å²) in [5.74, 6) is 0.0817. The van der Waals surface area contributed by atoms with Crippen molar-refractivity contribution in [2.24, 2.45) is 0 Å². The number of halogens is 2. The van der Waals surface area contributed by atoms with E-state index in [2.05, 4.69) is 14.6 Å². The third-order valence-corrected chi connectivity index (χ3v) is 5.21. The van der Waals surface area contributed by atoms with Gasteiger partial charge >= 0.3 is 0 Å². The Morgan fingerprint density at radius 2 is 1.96 bits per heavy atom. The summed E-state index contributed by atoms with van der Waals surface area (Å²) in [6.07, 6.45) is 1.44. The van der Waals surface area contributed by atoms with Gasteiger partial charge < -0.3 is 9.64 Å². The second-order valence-electron chi connectivity index (χ2n) is 5.19. The molecule has 0 bridgehead atoms. The summed E-state index contributed by atoms with van der Waals surface area (Å²) in [7, 11) is -3.87. The third-order valence-electron chi connectivity index (χ3n) is 3.54. The number of nitrogens with one attached hydrogen (secondary N) is 1. The molecule has 1 saturated heterocycles. The van der Waals surface area contributed by atoms with Crippen molar-refractivity contribution in [2.45, 2.75) is 4.90 Å². The number of benzene rings is 1. The van der Waals surface area contributed by atoms with Gasteiger partial charge in [0.15, 0.2) is 0 Å². The molecule has 0 aliphatic carbocycles. The fraction of sp³-hybridized carbons (Fsp3) is 0.267. The van der Waals surface area contributed by atoms with Crippen LogP contribution < -0.4 is 9.62 Å². The molecule has 1 aliphatic heterocycles. The first kappa shape index (κ1) is 16.9. The van der Waals surface area contributed by atoms with E-state index in [-0.39, 0.29) is 9.92 Å². The normalized spacial score (nSPS) is 15.3. The predicted molar refractivity (Wildman–Crippen MR) is 89.5 cm³/mol. The molecule has 0 radical (unpaired) electrons. The Labute approximate surface area is 144 Å². The maximum atomic E-state index is 13.2. The lowest BCUT2D eigenvalue weighted by Crippen LogP contribution is -2.36. The van der Waals surface area contributed by atoms with Gasteiger partial charge in [0.1, 0.15) is 11.6 Å². The monoisotopic (exact) mass is 371 g/mol. The predicted octanol–water partition coefficient (Wildman–Crippen LogP) is 2.51. The van der Waals surface area contributed by atoms with Crippen LogP contribution in [0.3, 0.4) is 0 Å². The van der Waals surface area contributed by atoms with E-state index in [1.807, 2.05) is 0 Å². The molecular formula is C15H15ClFN3O3S. The zero-order chi connectivity index (χ0) is 17.2. The number of aromatic nitrogens is 1. The third kappa shape index (κ3) is 3.77. The van der Waals surface area contributed by atoms with E-state index in [1.165, 1.54) is 6.20 Å². The maximum Gasteiger partial charge on any atom is 0.261 e. The number of anilines is 2. The molecule has 1 aromatic heterocycles. The van der Waals surface area contributed by atoms with E-state index in [0.29, 0.717) is 18.9 Å². The Hall–Kier alpha value is -1.90. The summed E-state index contributed by atoms with van der Waals surface area (Å²) < 4.78 is 45.4. The number of morpholine rings is 1. The van der Waals surface area contributed by atoms with E-state index < -0.39 is 15.8 Å². The Morgan fingerprint density at radius 3 is 2.58 bits per heavy atom. The molecule has 0 unspecified atom stereocenters. The first-order chi connectivity index (χ1) is 11.5. The number of ether oxygens (including phenoxy) is 1. The number of nitrogens with zero attached hydrogens (tertiary/aromatic N) is 2. The molecule has 6 nitrogen and oxygen atoms in total. The van der Waals surface area contributed by atoms with Crippen molar-refractivity contribution in [2.75, 3.05) is 35.9 Å². The average molecular weight is 372 g/mol. The first-order valence-electron chi connectivity index (χ1n) is 7.22. The molecule has 3 rings (SSSR count). The van der Waals surface area contributed by atoms with Gasteiger partial charge in [-0.25, -0.2) is 17.8 Å². The van der Waals surface area contributed by atoms with Gasteiger partial charge in [-0.1, -0.05) is 11.6 Å². The number of pyridine rings is 1. The lowest BCUT2D eigenvalue weighted by atomic mass is 10.3. The van der Waals surface area contributed by atoms with Crippen molar-refractivity contribution in [3.05, 3.63) is 47.4 Å². The van der Waals surface area contributed by atoms with Crippen LogP contribution in [0.1, 0.15) is 0 Å². The van der Waals surface area contributed by atoms with E-state index in [4.69, 9.17) is 16.3 Å². The van der Waals surface area contributed by atoms with Gasteiger partial charge in [0.2, 0.25) is 0 Å². The summed E-state index contributed by atoms with van der Waals surface area (Å²) in [6.45, 7) is 2.76. The highest BCUT2D eigenvalue weighted by Gasteiger charge is 2.17. The van der Waals surface area contributed by atoms with Crippen molar-refractivity contribution in [1.29, 1.82) is 0 Å². The number of hydrogen-bond donors (Lipinski definition) is 1. The van der Waals surface area contributed by atoms with Crippen molar-refractivity contribution in [3.63, 3.8) is 0 Å². The molecule has 0 atom stereocenters. The lowest BCUT2D eigenvalue weighted by Gasteiger charge is -2.27. The van der Waals surface area contributed by atoms with E-state index in [1.54, 1.807) is 12.1 Å². The Kier molecular flexibility index (Phi) is 4.88. The van der Waals surface area contributed by atoms with Crippen LogP contribution in [0.25, 0.3) is 0 Å². The molecule has 1 aromatic carbocycles. The Bertz CT molecular complexity index is 824. The maximum absolute atomic E-state index is 13.2. The zero-order valence-corrected chi connectivity index (χ0v) is 14.1. The number of sulfonamides is 1. The topological polar surface area (TPSA) is 71.5 Å². The molecule has 9 heteroatoms. The van der Waals surface area contributed by atoms with Gasteiger partial charge in [-0.2, -0.15) is 0 Å². The molecular weight excluding hydrogens is 357 g/mol. The van der Waals surface area contributed by atoms with Crippen LogP contribution in [0.4, 0.5) is 15.9 Å². The molecule has 1 N–H and O–H groups in total. The Balaban J connectivity index is 1.76. The smallest absolute Gasteiger partial charge is 0.261 e. The summed E-state index contributed by atoms with van der Waals surface area (Å²) >= 11 is 5.63. The van der Waals surface area contributed by atoms with Crippen LogP contribution >= 0.6 is 11.6 Å². The average Bonchev–Trinajstić information content (AvgIpc) is 2.58. The van der Waals surface area contributed by atoms with E-state index in [9.17, 15) is 12.8 Å². The highest BCUT2D eigenvalue weighted by molar-refractivity contribution is 7.92. The molecule has 24 heavy (non-hydrogen) atoms. The van der Waals surface area contributed by atoms with E-state index >= 15 is 0 Å². The molecule has 0 spiro atoms. The van der Waals surface area contributed by atoms with Crippen LogP contribution in [0.2, 0.25) is 5.02 Å². The second-order valence-corrected chi connectivity index (χ2v) is 7.28. The van der Waals surface area contributed by atoms with Crippen LogP contribution in [0, 0.1) is 5.82 Å².